The highest BCUT2D eigenvalue weighted by Gasteiger charge is 2.12. The Morgan fingerprint density at radius 3 is 2.52 bits per heavy atom. The number of aryl methyl sites for hydroxylation is 2. The average Bonchev–Trinajstić information content (AvgIpc) is 2.55. The maximum atomic E-state index is 13.4. The van der Waals surface area contributed by atoms with Gasteiger partial charge in [-0.25, -0.2) is 14.4 Å². The van der Waals surface area contributed by atoms with Gasteiger partial charge in [-0.2, -0.15) is 0 Å². The van der Waals surface area contributed by atoms with Gasteiger partial charge >= 0.3 is 0 Å². The topological polar surface area (TPSA) is 41.0 Å². The van der Waals surface area contributed by atoms with Gasteiger partial charge in [-0.3, -0.25) is 0 Å². The molecule has 3 rings (SSSR count). The van der Waals surface area contributed by atoms with Crippen molar-refractivity contribution in [3.05, 3.63) is 71.8 Å². The Morgan fingerprint density at radius 2 is 1.80 bits per heavy atom. The van der Waals surface area contributed by atoms with Crippen molar-refractivity contribution >= 4 is 23.0 Å². The SMILES string of the molecule is CCN(c1cccc(C)c1)c1cc(Nc2cccc(F)c2)nc(C)n1. The molecule has 1 N–H and O–H groups in total. The third kappa shape index (κ3) is 4.12. The summed E-state index contributed by atoms with van der Waals surface area (Å²) in [5, 5.41) is 3.15. The fourth-order valence-electron chi connectivity index (χ4n) is 2.74. The number of hydrogen-bond donors (Lipinski definition) is 1. The molecule has 25 heavy (non-hydrogen) atoms. The highest BCUT2D eigenvalue weighted by atomic mass is 19.1. The van der Waals surface area contributed by atoms with Crippen molar-refractivity contribution in [1.29, 1.82) is 0 Å². The maximum Gasteiger partial charge on any atom is 0.138 e. The number of hydrogen-bond acceptors (Lipinski definition) is 4. The molecule has 128 valence electrons. The average molecular weight is 336 g/mol. The lowest BCUT2D eigenvalue weighted by Gasteiger charge is -2.23. The van der Waals surface area contributed by atoms with Gasteiger partial charge in [0.25, 0.3) is 0 Å². The molecule has 0 bridgehead atoms. The van der Waals surface area contributed by atoms with Crippen molar-refractivity contribution in [2.75, 3.05) is 16.8 Å². The molecule has 0 radical (unpaired) electrons. The van der Waals surface area contributed by atoms with E-state index in [2.05, 4.69) is 52.2 Å². The molecule has 5 heteroatoms. The van der Waals surface area contributed by atoms with Gasteiger partial charge in [0.1, 0.15) is 23.3 Å². The van der Waals surface area contributed by atoms with Crippen molar-refractivity contribution in [2.45, 2.75) is 20.8 Å². The van der Waals surface area contributed by atoms with Crippen LogP contribution in [0.25, 0.3) is 0 Å². The second-order valence-electron chi connectivity index (χ2n) is 5.88. The molecule has 0 unspecified atom stereocenters. The summed E-state index contributed by atoms with van der Waals surface area (Å²) in [6.45, 7) is 6.78. The van der Waals surface area contributed by atoms with Gasteiger partial charge in [0.2, 0.25) is 0 Å². The predicted molar refractivity (Wildman–Crippen MR) is 100 cm³/mol. The number of nitrogens with one attached hydrogen (secondary N) is 1. The van der Waals surface area contributed by atoms with Crippen molar-refractivity contribution in [3.63, 3.8) is 0 Å². The largest absolute Gasteiger partial charge is 0.340 e. The monoisotopic (exact) mass is 336 g/mol. The zero-order valence-electron chi connectivity index (χ0n) is 14.6. The number of aromatic nitrogens is 2. The van der Waals surface area contributed by atoms with Crippen LogP contribution in [0.2, 0.25) is 0 Å². The number of halogens is 1. The van der Waals surface area contributed by atoms with Crippen LogP contribution in [0.5, 0.6) is 0 Å². The molecule has 0 spiro atoms. The quantitative estimate of drug-likeness (QED) is 0.701. The van der Waals surface area contributed by atoms with Gasteiger partial charge in [0.05, 0.1) is 0 Å². The first kappa shape index (κ1) is 16.9. The van der Waals surface area contributed by atoms with E-state index in [0.29, 0.717) is 17.3 Å². The molecule has 0 fully saturated rings. The van der Waals surface area contributed by atoms with Crippen molar-refractivity contribution in [3.8, 4) is 0 Å². The third-order valence-corrected chi connectivity index (χ3v) is 3.83. The van der Waals surface area contributed by atoms with Gasteiger partial charge in [0.15, 0.2) is 0 Å². The molecule has 1 aromatic heterocycles. The van der Waals surface area contributed by atoms with Crippen LogP contribution in [-0.2, 0) is 0 Å². The van der Waals surface area contributed by atoms with Crippen LogP contribution >= 0.6 is 0 Å². The molecule has 0 saturated heterocycles. The number of rotatable bonds is 5. The summed E-state index contributed by atoms with van der Waals surface area (Å²) in [7, 11) is 0. The molecule has 0 aliphatic heterocycles. The summed E-state index contributed by atoms with van der Waals surface area (Å²) in [6, 6.07) is 16.5. The van der Waals surface area contributed by atoms with Crippen LogP contribution in [0.3, 0.4) is 0 Å². The van der Waals surface area contributed by atoms with Gasteiger partial charge in [-0.15, -0.1) is 0 Å². The van der Waals surface area contributed by atoms with Crippen LogP contribution in [0, 0.1) is 19.7 Å². The van der Waals surface area contributed by atoms with E-state index in [1.54, 1.807) is 12.1 Å². The van der Waals surface area contributed by atoms with Crippen molar-refractivity contribution < 1.29 is 4.39 Å². The molecule has 3 aromatic rings. The van der Waals surface area contributed by atoms with E-state index in [4.69, 9.17) is 0 Å². The van der Waals surface area contributed by atoms with Crippen LogP contribution in [0.4, 0.5) is 27.4 Å². The normalized spacial score (nSPS) is 10.6. The molecular weight excluding hydrogens is 315 g/mol. The molecule has 0 atom stereocenters. The Balaban J connectivity index is 1.95. The summed E-state index contributed by atoms with van der Waals surface area (Å²) in [5.74, 6) is 1.81. The third-order valence-electron chi connectivity index (χ3n) is 3.83. The zero-order valence-corrected chi connectivity index (χ0v) is 14.6. The van der Waals surface area contributed by atoms with Crippen LogP contribution in [-0.4, -0.2) is 16.5 Å². The van der Waals surface area contributed by atoms with E-state index < -0.39 is 0 Å². The fourth-order valence-corrected chi connectivity index (χ4v) is 2.74. The summed E-state index contributed by atoms with van der Waals surface area (Å²) in [5.41, 5.74) is 2.93. The minimum Gasteiger partial charge on any atom is -0.340 e. The van der Waals surface area contributed by atoms with Gasteiger partial charge in [-0.05, 0) is 56.7 Å². The zero-order chi connectivity index (χ0) is 17.8. The minimum atomic E-state index is -0.286. The molecule has 1 heterocycles. The molecule has 0 saturated carbocycles. The first-order valence-electron chi connectivity index (χ1n) is 8.27. The lowest BCUT2D eigenvalue weighted by Crippen LogP contribution is -2.18. The Labute approximate surface area is 147 Å². The first-order valence-corrected chi connectivity index (χ1v) is 8.27. The molecular formula is C20H21FN4. The Bertz CT molecular complexity index is 879. The van der Waals surface area contributed by atoms with E-state index in [-0.39, 0.29) is 5.82 Å². The standard InChI is InChI=1S/C20H21FN4/c1-4-25(18-10-5-7-14(2)11-18)20-13-19(22-15(3)23-20)24-17-9-6-8-16(21)12-17/h5-13H,4H2,1-3H3,(H,22,23,24). The molecule has 2 aromatic carbocycles. The van der Waals surface area contributed by atoms with Crippen LogP contribution in [0.1, 0.15) is 18.3 Å². The number of anilines is 4. The second kappa shape index (κ2) is 7.30. The fraction of sp³-hybridized carbons (Fsp3) is 0.200. The summed E-state index contributed by atoms with van der Waals surface area (Å²) in [6.07, 6.45) is 0. The second-order valence-corrected chi connectivity index (χ2v) is 5.88. The smallest absolute Gasteiger partial charge is 0.138 e. The molecule has 0 aliphatic rings. The van der Waals surface area contributed by atoms with E-state index in [1.807, 2.05) is 19.1 Å². The minimum absolute atomic E-state index is 0.286. The first-order chi connectivity index (χ1) is 12.0. The van der Waals surface area contributed by atoms with E-state index >= 15 is 0 Å². The number of benzene rings is 2. The molecule has 4 nitrogen and oxygen atoms in total. The summed E-state index contributed by atoms with van der Waals surface area (Å²) < 4.78 is 13.4. The highest BCUT2D eigenvalue weighted by molar-refractivity contribution is 5.65. The Morgan fingerprint density at radius 1 is 1.00 bits per heavy atom. The summed E-state index contributed by atoms with van der Waals surface area (Å²) >= 11 is 0. The lowest BCUT2D eigenvalue weighted by atomic mass is 10.2. The van der Waals surface area contributed by atoms with Gasteiger partial charge in [0, 0.05) is 24.0 Å². The van der Waals surface area contributed by atoms with Crippen molar-refractivity contribution in [2.24, 2.45) is 0 Å². The highest BCUT2D eigenvalue weighted by Crippen LogP contribution is 2.27. The van der Waals surface area contributed by atoms with Gasteiger partial charge in [-0.1, -0.05) is 18.2 Å². The lowest BCUT2D eigenvalue weighted by molar-refractivity contribution is 0.628. The van der Waals surface area contributed by atoms with Crippen LogP contribution in [0.15, 0.2) is 54.6 Å². The number of nitrogens with zero attached hydrogens (tertiary/aromatic N) is 3. The summed E-state index contributed by atoms with van der Waals surface area (Å²) in [4.78, 5) is 11.1. The van der Waals surface area contributed by atoms with Crippen molar-refractivity contribution in [1.82, 2.24) is 9.97 Å². The van der Waals surface area contributed by atoms with E-state index in [0.717, 1.165) is 18.1 Å². The Hall–Kier alpha value is -2.95. The molecule has 0 amide bonds. The maximum absolute atomic E-state index is 13.4. The van der Waals surface area contributed by atoms with Crippen LogP contribution < -0.4 is 10.2 Å². The van der Waals surface area contributed by atoms with E-state index in [1.165, 1.54) is 17.7 Å². The molecule has 0 aliphatic carbocycles. The van der Waals surface area contributed by atoms with E-state index in [9.17, 15) is 4.39 Å². The van der Waals surface area contributed by atoms with Gasteiger partial charge < -0.3 is 10.2 Å². The predicted octanol–water partition coefficient (Wildman–Crippen LogP) is 5.13. The Kier molecular flexibility index (Phi) is 4.93.